The standard InChI is InChI=1S/C13H10BrF2NS/c14-10-5-8(1-3-11(10)15)7-18-9-2-4-13(17)12(16)6-9/h1-6H,7,17H2. The van der Waals surface area contributed by atoms with Crippen molar-refractivity contribution in [3.8, 4) is 0 Å². The number of nitrogens with two attached hydrogens (primary N) is 1. The fourth-order valence-corrected chi connectivity index (χ4v) is 2.68. The monoisotopic (exact) mass is 329 g/mol. The molecule has 0 saturated carbocycles. The molecule has 5 heteroatoms. The molecular formula is C13H10BrF2NS. The summed E-state index contributed by atoms with van der Waals surface area (Å²) in [6.07, 6.45) is 0. The first-order chi connectivity index (χ1) is 8.56. The van der Waals surface area contributed by atoms with Gasteiger partial charge in [0.2, 0.25) is 0 Å². The lowest BCUT2D eigenvalue weighted by molar-refractivity contribution is 0.620. The van der Waals surface area contributed by atoms with E-state index in [1.807, 2.05) is 0 Å². The highest BCUT2D eigenvalue weighted by Crippen LogP contribution is 2.27. The smallest absolute Gasteiger partial charge is 0.147 e. The molecule has 94 valence electrons. The normalized spacial score (nSPS) is 10.6. The maximum atomic E-state index is 13.2. The summed E-state index contributed by atoms with van der Waals surface area (Å²) < 4.78 is 26.7. The zero-order valence-electron chi connectivity index (χ0n) is 9.29. The van der Waals surface area contributed by atoms with Crippen LogP contribution in [0.3, 0.4) is 0 Å². The van der Waals surface area contributed by atoms with Crippen LogP contribution in [0.15, 0.2) is 45.8 Å². The Morgan fingerprint density at radius 1 is 1.06 bits per heavy atom. The molecular weight excluding hydrogens is 320 g/mol. The number of nitrogen functional groups attached to an aromatic ring is 1. The number of halogens is 3. The maximum absolute atomic E-state index is 13.2. The lowest BCUT2D eigenvalue weighted by Gasteiger charge is -2.04. The number of hydrogen-bond donors (Lipinski definition) is 1. The molecule has 0 atom stereocenters. The Balaban J connectivity index is 2.06. The number of hydrogen-bond acceptors (Lipinski definition) is 2. The molecule has 0 aliphatic carbocycles. The van der Waals surface area contributed by atoms with Crippen LogP contribution in [-0.2, 0) is 5.75 Å². The van der Waals surface area contributed by atoms with Gasteiger partial charge in [0.1, 0.15) is 11.6 Å². The lowest BCUT2D eigenvalue weighted by Crippen LogP contribution is -1.90. The molecule has 2 N–H and O–H groups in total. The zero-order chi connectivity index (χ0) is 13.1. The first kappa shape index (κ1) is 13.4. The van der Waals surface area contributed by atoms with Gasteiger partial charge >= 0.3 is 0 Å². The van der Waals surface area contributed by atoms with Gasteiger partial charge in [0.15, 0.2) is 0 Å². The van der Waals surface area contributed by atoms with Gasteiger partial charge < -0.3 is 5.73 Å². The van der Waals surface area contributed by atoms with Crippen LogP contribution >= 0.6 is 27.7 Å². The molecule has 0 fully saturated rings. The SMILES string of the molecule is Nc1ccc(SCc2ccc(F)c(Br)c2)cc1F. The molecule has 0 unspecified atom stereocenters. The summed E-state index contributed by atoms with van der Waals surface area (Å²) in [5.74, 6) is -0.0648. The van der Waals surface area contributed by atoms with Crippen molar-refractivity contribution in [3.05, 3.63) is 58.1 Å². The van der Waals surface area contributed by atoms with Crippen LogP contribution in [0, 0.1) is 11.6 Å². The Labute approximate surface area is 117 Å². The highest BCUT2D eigenvalue weighted by atomic mass is 79.9. The first-order valence-corrected chi connectivity index (χ1v) is 6.96. The van der Waals surface area contributed by atoms with E-state index >= 15 is 0 Å². The van der Waals surface area contributed by atoms with Crippen LogP contribution in [0.2, 0.25) is 0 Å². The molecule has 18 heavy (non-hydrogen) atoms. The van der Waals surface area contributed by atoms with Crippen molar-refractivity contribution in [1.82, 2.24) is 0 Å². The molecule has 1 nitrogen and oxygen atoms in total. The van der Waals surface area contributed by atoms with Crippen LogP contribution in [0.5, 0.6) is 0 Å². The van der Waals surface area contributed by atoms with Crippen LogP contribution in [0.1, 0.15) is 5.56 Å². The van der Waals surface area contributed by atoms with Crippen molar-refractivity contribution in [3.63, 3.8) is 0 Å². The summed E-state index contributed by atoms with van der Waals surface area (Å²) in [5, 5.41) is 0. The van der Waals surface area contributed by atoms with Crippen molar-refractivity contribution in [2.75, 3.05) is 5.73 Å². The Hall–Kier alpha value is -1.07. The molecule has 2 aromatic carbocycles. The highest BCUT2D eigenvalue weighted by Gasteiger charge is 2.03. The molecule has 0 aliphatic heterocycles. The second-order valence-corrected chi connectivity index (χ2v) is 5.62. The number of benzene rings is 2. The fraction of sp³-hybridized carbons (Fsp3) is 0.0769. The quantitative estimate of drug-likeness (QED) is 0.657. The van der Waals surface area contributed by atoms with Crippen LogP contribution in [0.25, 0.3) is 0 Å². The zero-order valence-corrected chi connectivity index (χ0v) is 11.7. The number of rotatable bonds is 3. The van der Waals surface area contributed by atoms with Gasteiger partial charge in [-0.2, -0.15) is 0 Å². The molecule has 0 radical (unpaired) electrons. The van der Waals surface area contributed by atoms with E-state index in [0.29, 0.717) is 10.2 Å². The van der Waals surface area contributed by atoms with Gasteiger partial charge in [0, 0.05) is 10.6 Å². The van der Waals surface area contributed by atoms with E-state index in [-0.39, 0.29) is 11.5 Å². The van der Waals surface area contributed by atoms with Crippen molar-refractivity contribution in [2.24, 2.45) is 0 Å². The fourth-order valence-electron chi connectivity index (χ4n) is 1.39. The van der Waals surface area contributed by atoms with Gasteiger partial charge in [-0.1, -0.05) is 6.07 Å². The Morgan fingerprint density at radius 2 is 1.83 bits per heavy atom. The van der Waals surface area contributed by atoms with Crippen molar-refractivity contribution < 1.29 is 8.78 Å². The molecule has 0 bridgehead atoms. The van der Waals surface area contributed by atoms with Gasteiger partial charge in [-0.25, -0.2) is 8.78 Å². The van der Waals surface area contributed by atoms with E-state index in [0.717, 1.165) is 10.5 Å². The largest absolute Gasteiger partial charge is 0.396 e. The third kappa shape index (κ3) is 3.23. The van der Waals surface area contributed by atoms with Crippen molar-refractivity contribution in [1.29, 1.82) is 0 Å². The summed E-state index contributed by atoms with van der Waals surface area (Å²) in [7, 11) is 0. The predicted octanol–water partition coefficient (Wildman–Crippen LogP) is 4.60. The van der Waals surface area contributed by atoms with Gasteiger partial charge in [-0.05, 0) is 51.8 Å². The van der Waals surface area contributed by atoms with Gasteiger partial charge in [-0.15, -0.1) is 11.8 Å². The minimum Gasteiger partial charge on any atom is -0.396 e. The van der Waals surface area contributed by atoms with Gasteiger partial charge in [-0.3, -0.25) is 0 Å². The predicted molar refractivity (Wildman–Crippen MR) is 74.5 cm³/mol. The summed E-state index contributed by atoms with van der Waals surface area (Å²) >= 11 is 4.60. The topological polar surface area (TPSA) is 26.0 Å². The van der Waals surface area contributed by atoms with Gasteiger partial charge in [0.05, 0.1) is 10.2 Å². The molecule has 2 rings (SSSR count). The summed E-state index contributed by atoms with van der Waals surface area (Å²) in [6, 6.07) is 9.54. The van der Waals surface area contributed by atoms with E-state index in [9.17, 15) is 8.78 Å². The second-order valence-electron chi connectivity index (χ2n) is 3.72. The highest BCUT2D eigenvalue weighted by molar-refractivity contribution is 9.10. The third-order valence-corrected chi connectivity index (χ3v) is 4.03. The van der Waals surface area contributed by atoms with E-state index in [1.54, 1.807) is 18.2 Å². The Bertz CT molecular complexity index is 523. The molecule has 0 aliphatic rings. The van der Waals surface area contributed by atoms with Gasteiger partial charge in [0.25, 0.3) is 0 Å². The lowest BCUT2D eigenvalue weighted by atomic mass is 10.2. The summed E-state index contributed by atoms with van der Waals surface area (Å²) in [6.45, 7) is 0. The average Bonchev–Trinajstić information content (AvgIpc) is 2.35. The summed E-state index contributed by atoms with van der Waals surface area (Å²) in [4.78, 5) is 0.794. The summed E-state index contributed by atoms with van der Waals surface area (Å²) in [5.41, 5.74) is 6.51. The first-order valence-electron chi connectivity index (χ1n) is 5.18. The van der Waals surface area contributed by atoms with Crippen molar-refractivity contribution in [2.45, 2.75) is 10.6 Å². The molecule has 0 saturated heterocycles. The van der Waals surface area contributed by atoms with E-state index in [4.69, 9.17) is 5.73 Å². The van der Waals surface area contributed by atoms with Crippen molar-refractivity contribution >= 4 is 33.4 Å². The molecule has 0 aromatic heterocycles. The minimum atomic E-state index is -0.416. The molecule has 2 aromatic rings. The van der Waals surface area contributed by atoms with E-state index in [2.05, 4.69) is 15.9 Å². The second kappa shape index (κ2) is 5.71. The minimum absolute atomic E-state index is 0.142. The van der Waals surface area contributed by atoms with E-state index < -0.39 is 5.82 Å². The molecule has 0 amide bonds. The Morgan fingerprint density at radius 3 is 2.50 bits per heavy atom. The van der Waals surface area contributed by atoms with Crippen LogP contribution in [-0.4, -0.2) is 0 Å². The van der Waals surface area contributed by atoms with Crippen LogP contribution in [0.4, 0.5) is 14.5 Å². The third-order valence-electron chi connectivity index (χ3n) is 2.36. The molecule has 0 heterocycles. The molecule has 0 spiro atoms. The van der Waals surface area contributed by atoms with Crippen LogP contribution < -0.4 is 5.73 Å². The van der Waals surface area contributed by atoms with E-state index in [1.165, 1.54) is 30.0 Å². The maximum Gasteiger partial charge on any atom is 0.147 e. The number of anilines is 1. The Kier molecular flexibility index (Phi) is 4.24. The number of thioether (sulfide) groups is 1. The average molecular weight is 330 g/mol.